The SMILES string of the molecule is C=C(C)C1=CC2=CC=C[N+]2=C=C1. The first kappa shape index (κ1) is 7.08. The molecule has 2 aliphatic heterocycles. The zero-order valence-corrected chi connectivity index (χ0v) is 7.04. The predicted octanol–water partition coefficient (Wildman–Crippen LogP) is 2.15. The molecule has 0 amide bonds. The Kier molecular flexibility index (Phi) is 1.46. The number of fused-ring (bicyclic) bond motifs is 1. The second kappa shape index (κ2) is 2.47. The highest BCUT2D eigenvalue weighted by Gasteiger charge is 2.15. The highest BCUT2D eigenvalue weighted by molar-refractivity contribution is 5.62. The van der Waals surface area contributed by atoms with Gasteiger partial charge in [0.05, 0.1) is 6.08 Å². The van der Waals surface area contributed by atoms with Gasteiger partial charge in [0.1, 0.15) is 0 Å². The van der Waals surface area contributed by atoms with Crippen molar-refractivity contribution in [3.05, 3.63) is 53.9 Å². The van der Waals surface area contributed by atoms with Crippen LogP contribution >= 0.6 is 0 Å². The molecule has 2 aliphatic rings. The highest BCUT2D eigenvalue weighted by Crippen LogP contribution is 2.17. The van der Waals surface area contributed by atoms with Crippen molar-refractivity contribution in [2.45, 2.75) is 6.92 Å². The Balaban J connectivity index is 2.50. The van der Waals surface area contributed by atoms with Crippen LogP contribution in [0, 0.1) is 0 Å². The minimum absolute atomic E-state index is 1.08. The average molecular weight is 156 g/mol. The van der Waals surface area contributed by atoms with Gasteiger partial charge in [0.25, 0.3) is 0 Å². The summed E-state index contributed by atoms with van der Waals surface area (Å²) in [6, 6.07) is 0. The molecule has 0 bridgehead atoms. The van der Waals surface area contributed by atoms with E-state index in [1.54, 1.807) is 0 Å². The maximum absolute atomic E-state index is 3.89. The Morgan fingerprint density at radius 1 is 1.58 bits per heavy atom. The topological polar surface area (TPSA) is 3.01 Å². The number of rotatable bonds is 1. The highest BCUT2D eigenvalue weighted by atomic mass is 15.0. The van der Waals surface area contributed by atoms with Crippen molar-refractivity contribution in [1.82, 2.24) is 0 Å². The molecule has 58 valence electrons. The Morgan fingerprint density at radius 2 is 2.42 bits per heavy atom. The molecule has 0 spiro atoms. The Bertz CT molecular complexity index is 397. The first-order valence-electron chi connectivity index (χ1n) is 3.92. The van der Waals surface area contributed by atoms with Gasteiger partial charge >= 0.3 is 0 Å². The fourth-order valence-electron chi connectivity index (χ4n) is 1.22. The van der Waals surface area contributed by atoms with Gasteiger partial charge in [0, 0.05) is 18.2 Å². The summed E-state index contributed by atoms with van der Waals surface area (Å²) in [4.78, 5) is 0. The summed E-state index contributed by atoms with van der Waals surface area (Å²) in [5.74, 6) is 3.14. The Labute approximate surface area is 72.0 Å². The lowest BCUT2D eigenvalue weighted by molar-refractivity contribution is -0.382. The molecule has 0 aromatic carbocycles. The summed E-state index contributed by atoms with van der Waals surface area (Å²) in [6.45, 7) is 5.89. The first-order valence-corrected chi connectivity index (χ1v) is 3.92. The number of hydrogen-bond donors (Lipinski definition) is 0. The largest absolute Gasteiger partial charge is 0.221 e. The lowest BCUT2D eigenvalue weighted by Crippen LogP contribution is -2.02. The summed E-state index contributed by atoms with van der Waals surface area (Å²) >= 11 is 0. The number of nitrogens with zero attached hydrogens (tertiary/aromatic N) is 1. The van der Waals surface area contributed by atoms with Gasteiger partial charge in [0.15, 0.2) is 12.1 Å². The smallest absolute Gasteiger partial charge is 0.118 e. The molecular weight excluding hydrogens is 146 g/mol. The van der Waals surface area contributed by atoms with Gasteiger partial charge in [-0.3, -0.25) is 0 Å². The number of hydrogen-bond acceptors (Lipinski definition) is 0. The summed E-state index contributed by atoms with van der Waals surface area (Å²) in [5, 5.41) is 0. The normalized spacial score (nSPS) is 18.2. The van der Waals surface area contributed by atoms with Gasteiger partial charge < -0.3 is 0 Å². The van der Waals surface area contributed by atoms with Gasteiger partial charge in [-0.05, 0) is 18.1 Å². The van der Waals surface area contributed by atoms with E-state index >= 15 is 0 Å². The fraction of sp³-hybridized carbons (Fsp3) is 0.0909. The standard InChI is InChI=1S/C11H10N/c1-9(2)10-5-7-12-6-3-4-11(12)8-10/h3-6,8H,1H2,2H3/q+1. The van der Waals surface area contributed by atoms with E-state index in [0.29, 0.717) is 0 Å². The Hall–Kier alpha value is -1.59. The van der Waals surface area contributed by atoms with E-state index in [-0.39, 0.29) is 0 Å². The van der Waals surface area contributed by atoms with E-state index in [2.05, 4.69) is 24.6 Å². The van der Waals surface area contributed by atoms with Crippen LogP contribution < -0.4 is 0 Å². The predicted molar refractivity (Wildman–Crippen MR) is 50.0 cm³/mol. The third-order valence-electron chi connectivity index (χ3n) is 1.94. The van der Waals surface area contributed by atoms with Crippen molar-refractivity contribution in [2.24, 2.45) is 0 Å². The molecule has 12 heavy (non-hydrogen) atoms. The molecule has 0 aromatic heterocycles. The van der Waals surface area contributed by atoms with Crippen molar-refractivity contribution in [1.29, 1.82) is 0 Å². The number of allylic oxidation sites excluding steroid dienone is 6. The van der Waals surface area contributed by atoms with Crippen molar-refractivity contribution in [3.63, 3.8) is 0 Å². The first-order chi connectivity index (χ1) is 5.77. The van der Waals surface area contributed by atoms with Crippen LogP contribution in [0.15, 0.2) is 53.9 Å². The molecule has 1 heteroatoms. The van der Waals surface area contributed by atoms with Crippen molar-refractivity contribution in [3.8, 4) is 0 Å². The van der Waals surface area contributed by atoms with Gasteiger partial charge in [0.2, 0.25) is 5.70 Å². The van der Waals surface area contributed by atoms with E-state index in [1.165, 1.54) is 0 Å². The van der Waals surface area contributed by atoms with Crippen LogP contribution in [0.5, 0.6) is 0 Å². The van der Waals surface area contributed by atoms with Crippen LogP contribution in [-0.4, -0.2) is 10.4 Å². The molecule has 0 aromatic rings. The maximum atomic E-state index is 3.89. The van der Waals surface area contributed by atoms with Crippen molar-refractivity contribution >= 4 is 5.87 Å². The molecule has 2 heterocycles. The molecule has 0 fully saturated rings. The van der Waals surface area contributed by atoms with Crippen molar-refractivity contribution in [2.75, 3.05) is 0 Å². The molecule has 0 atom stereocenters. The summed E-state index contributed by atoms with van der Waals surface area (Å²) < 4.78 is 1.96. The maximum Gasteiger partial charge on any atom is 0.221 e. The average Bonchev–Trinajstić information content (AvgIpc) is 2.49. The van der Waals surface area contributed by atoms with Crippen LogP contribution in [0.3, 0.4) is 0 Å². The summed E-state index contributed by atoms with van der Waals surface area (Å²) in [5.41, 5.74) is 3.40. The van der Waals surface area contributed by atoms with E-state index in [0.717, 1.165) is 16.8 Å². The van der Waals surface area contributed by atoms with Crippen molar-refractivity contribution < 1.29 is 4.58 Å². The summed E-state index contributed by atoms with van der Waals surface area (Å²) in [7, 11) is 0. The lowest BCUT2D eigenvalue weighted by atomic mass is 10.1. The molecule has 0 saturated carbocycles. The molecule has 1 nitrogen and oxygen atoms in total. The van der Waals surface area contributed by atoms with Crippen LogP contribution in [0.1, 0.15) is 6.92 Å². The third-order valence-corrected chi connectivity index (χ3v) is 1.94. The van der Waals surface area contributed by atoms with Crippen LogP contribution in [0.25, 0.3) is 0 Å². The van der Waals surface area contributed by atoms with Crippen LogP contribution in [0.2, 0.25) is 0 Å². The third kappa shape index (κ3) is 1.01. The van der Waals surface area contributed by atoms with E-state index in [1.807, 2.05) is 29.9 Å². The van der Waals surface area contributed by atoms with Gasteiger partial charge in [-0.15, -0.1) is 4.58 Å². The Morgan fingerprint density at radius 3 is 3.17 bits per heavy atom. The monoisotopic (exact) mass is 156 g/mol. The second-order valence-corrected chi connectivity index (χ2v) is 2.96. The fourth-order valence-corrected chi connectivity index (χ4v) is 1.22. The van der Waals surface area contributed by atoms with Gasteiger partial charge in [-0.25, -0.2) is 0 Å². The molecule has 2 rings (SSSR count). The molecule has 0 unspecified atom stereocenters. The van der Waals surface area contributed by atoms with Gasteiger partial charge in [-0.1, -0.05) is 6.58 Å². The molecule has 0 N–H and O–H groups in total. The minimum atomic E-state index is 1.08. The minimum Gasteiger partial charge on any atom is -0.118 e. The van der Waals surface area contributed by atoms with E-state index < -0.39 is 0 Å². The van der Waals surface area contributed by atoms with Gasteiger partial charge in [-0.2, -0.15) is 0 Å². The molecular formula is C11H10N+. The summed E-state index contributed by atoms with van der Waals surface area (Å²) in [6.07, 6.45) is 10.1. The molecule has 0 aliphatic carbocycles. The van der Waals surface area contributed by atoms with Crippen LogP contribution in [0.4, 0.5) is 0 Å². The quantitative estimate of drug-likeness (QED) is 0.512. The van der Waals surface area contributed by atoms with E-state index in [4.69, 9.17) is 0 Å². The lowest BCUT2D eigenvalue weighted by Gasteiger charge is -2.00. The van der Waals surface area contributed by atoms with Crippen LogP contribution in [-0.2, 0) is 0 Å². The molecule has 0 radical (unpaired) electrons. The molecule has 0 saturated heterocycles. The second-order valence-electron chi connectivity index (χ2n) is 2.96. The zero-order chi connectivity index (χ0) is 8.55. The van der Waals surface area contributed by atoms with E-state index in [9.17, 15) is 0 Å². The zero-order valence-electron chi connectivity index (χ0n) is 7.04.